The lowest BCUT2D eigenvalue weighted by Crippen LogP contribution is -2.49. The molecule has 0 saturated heterocycles. The zero-order valence-electron chi connectivity index (χ0n) is 14.2. The van der Waals surface area contributed by atoms with Crippen molar-refractivity contribution in [3.05, 3.63) is 35.6 Å². The van der Waals surface area contributed by atoms with Gasteiger partial charge in [-0.25, -0.2) is 4.39 Å². The molecule has 1 rings (SSSR count). The highest BCUT2D eigenvalue weighted by Gasteiger charge is 2.28. The van der Waals surface area contributed by atoms with Crippen molar-refractivity contribution in [1.29, 1.82) is 0 Å². The average molecular weight is 326 g/mol. The second-order valence-corrected chi connectivity index (χ2v) is 6.50. The Morgan fingerprint density at radius 3 is 2.26 bits per heavy atom. The fourth-order valence-electron chi connectivity index (χ4n) is 2.26. The van der Waals surface area contributed by atoms with Gasteiger partial charge in [-0.15, -0.1) is 0 Å². The summed E-state index contributed by atoms with van der Waals surface area (Å²) < 4.78 is 12.9. The number of hydrogen-bond donors (Lipinski definition) is 3. The lowest BCUT2D eigenvalue weighted by atomic mass is 9.92. The Balaban J connectivity index is 2.63. The van der Waals surface area contributed by atoms with Crippen molar-refractivity contribution in [3.63, 3.8) is 0 Å². The first-order valence-corrected chi connectivity index (χ1v) is 7.70. The van der Waals surface area contributed by atoms with Crippen molar-refractivity contribution in [2.45, 2.75) is 32.9 Å². The van der Waals surface area contributed by atoms with Gasteiger partial charge in [0, 0.05) is 12.0 Å². The van der Waals surface area contributed by atoms with Crippen LogP contribution in [0.15, 0.2) is 24.3 Å². The number of benzene rings is 1. The van der Waals surface area contributed by atoms with Gasteiger partial charge >= 0.3 is 0 Å². The van der Waals surface area contributed by atoms with Gasteiger partial charge in [-0.2, -0.15) is 0 Å². The summed E-state index contributed by atoms with van der Waals surface area (Å²) in [5.41, 5.74) is 0.163. The number of nitrogens with one attached hydrogen (secondary N) is 1. The minimum absolute atomic E-state index is 0.159. The fourth-order valence-corrected chi connectivity index (χ4v) is 2.26. The SMILES string of the molecule is CC(NC(=O)C(C)N(C)CC(C)(CO)CO)c1ccc(F)cc1. The van der Waals surface area contributed by atoms with Crippen LogP contribution in [0.25, 0.3) is 0 Å². The first kappa shape index (κ1) is 19.5. The second kappa shape index (κ2) is 8.38. The van der Waals surface area contributed by atoms with Crippen LogP contribution in [0.4, 0.5) is 4.39 Å². The van der Waals surface area contributed by atoms with Crippen molar-refractivity contribution in [1.82, 2.24) is 10.2 Å². The standard InChI is InChI=1S/C17H27FN2O3/c1-12(14-5-7-15(18)8-6-14)19-16(23)13(2)20(4)9-17(3,10-21)11-22/h5-8,12-13,21-22H,9-11H2,1-4H3,(H,19,23). The monoisotopic (exact) mass is 326 g/mol. The van der Waals surface area contributed by atoms with Gasteiger partial charge < -0.3 is 15.5 Å². The number of likely N-dealkylation sites (N-methyl/N-ethyl adjacent to an activating group) is 1. The summed E-state index contributed by atoms with van der Waals surface area (Å²) >= 11 is 0. The van der Waals surface area contributed by atoms with Crippen LogP contribution in [0.5, 0.6) is 0 Å². The normalized spacial score (nSPS) is 14.6. The van der Waals surface area contributed by atoms with Gasteiger partial charge in [0.1, 0.15) is 5.82 Å². The topological polar surface area (TPSA) is 72.8 Å². The first-order valence-electron chi connectivity index (χ1n) is 7.70. The first-order chi connectivity index (χ1) is 10.7. The smallest absolute Gasteiger partial charge is 0.237 e. The summed E-state index contributed by atoms with van der Waals surface area (Å²) in [7, 11) is 1.77. The van der Waals surface area contributed by atoms with Crippen molar-refractivity contribution >= 4 is 5.91 Å². The quantitative estimate of drug-likeness (QED) is 0.674. The Kier molecular flexibility index (Phi) is 7.12. The highest BCUT2D eigenvalue weighted by atomic mass is 19.1. The molecule has 5 nitrogen and oxygen atoms in total. The molecule has 0 radical (unpaired) electrons. The summed E-state index contributed by atoms with van der Waals surface area (Å²) in [6.07, 6.45) is 0. The summed E-state index contributed by atoms with van der Waals surface area (Å²) in [5.74, 6) is -0.477. The molecule has 0 aromatic heterocycles. The maximum atomic E-state index is 12.9. The van der Waals surface area contributed by atoms with Gasteiger partial charge in [0.2, 0.25) is 5.91 Å². The highest BCUT2D eigenvalue weighted by molar-refractivity contribution is 5.81. The molecule has 130 valence electrons. The third-order valence-corrected chi connectivity index (χ3v) is 4.16. The number of amides is 1. The molecule has 1 amide bonds. The molecule has 23 heavy (non-hydrogen) atoms. The minimum atomic E-state index is -0.661. The zero-order chi connectivity index (χ0) is 17.6. The molecule has 0 bridgehead atoms. The Labute approximate surface area is 137 Å². The molecular formula is C17H27FN2O3. The van der Waals surface area contributed by atoms with Crippen LogP contribution in [0.1, 0.15) is 32.4 Å². The van der Waals surface area contributed by atoms with Crippen LogP contribution in [0, 0.1) is 11.2 Å². The summed E-state index contributed by atoms with van der Waals surface area (Å²) in [4.78, 5) is 14.1. The van der Waals surface area contributed by atoms with E-state index in [2.05, 4.69) is 5.32 Å². The molecule has 0 aliphatic carbocycles. The van der Waals surface area contributed by atoms with Crippen molar-refractivity contribution in [3.8, 4) is 0 Å². The summed E-state index contributed by atoms with van der Waals surface area (Å²) in [5, 5.41) is 21.6. The van der Waals surface area contributed by atoms with Crippen molar-refractivity contribution in [2.24, 2.45) is 5.41 Å². The van der Waals surface area contributed by atoms with Crippen LogP contribution >= 0.6 is 0 Å². The third kappa shape index (κ3) is 5.57. The molecule has 0 heterocycles. The van der Waals surface area contributed by atoms with E-state index in [0.717, 1.165) is 5.56 Å². The lowest BCUT2D eigenvalue weighted by Gasteiger charge is -2.33. The van der Waals surface area contributed by atoms with E-state index < -0.39 is 11.5 Å². The largest absolute Gasteiger partial charge is 0.396 e. The number of halogens is 1. The van der Waals surface area contributed by atoms with Crippen LogP contribution in [-0.2, 0) is 4.79 Å². The number of nitrogens with zero attached hydrogens (tertiary/aromatic N) is 1. The van der Waals surface area contributed by atoms with E-state index in [1.807, 2.05) is 6.92 Å². The van der Waals surface area contributed by atoms with Gasteiger partial charge in [0.05, 0.1) is 25.3 Å². The van der Waals surface area contributed by atoms with E-state index in [1.54, 1.807) is 37.9 Å². The molecule has 2 unspecified atom stereocenters. The van der Waals surface area contributed by atoms with Crippen LogP contribution in [0.2, 0.25) is 0 Å². The summed E-state index contributed by atoms with van der Waals surface area (Å²) in [6.45, 7) is 5.43. The molecule has 1 aromatic rings. The Morgan fingerprint density at radius 1 is 1.26 bits per heavy atom. The van der Waals surface area contributed by atoms with Gasteiger partial charge in [0.15, 0.2) is 0 Å². The molecule has 0 fully saturated rings. The molecule has 0 saturated carbocycles. The molecule has 0 aliphatic heterocycles. The van der Waals surface area contributed by atoms with E-state index in [4.69, 9.17) is 0 Å². The fraction of sp³-hybridized carbons (Fsp3) is 0.588. The second-order valence-electron chi connectivity index (χ2n) is 6.50. The van der Waals surface area contributed by atoms with Crippen molar-refractivity contribution in [2.75, 3.05) is 26.8 Å². The van der Waals surface area contributed by atoms with E-state index >= 15 is 0 Å². The van der Waals surface area contributed by atoms with Crippen LogP contribution in [-0.4, -0.2) is 53.9 Å². The Hall–Kier alpha value is -1.50. The van der Waals surface area contributed by atoms with Crippen molar-refractivity contribution < 1.29 is 19.4 Å². The minimum Gasteiger partial charge on any atom is -0.396 e. The number of rotatable bonds is 8. The van der Waals surface area contributed by atoms with Gasteiger partial charge in [-0.05, 0) is 38.6 Å². The predicted molar refractivity (Wildman–Crippen MR) is 87.3 cm³/mol. The molecular weight excluding hydrogens is 299 g/mol. The predicted octanol–water partition coefficient (Wildman–Crippen LogP) is 1.31. The van der Waals surface area contributed by atoms with Gasteiger partial charge in [0.25, 0.3) is 0 Å². The zero-order valence-corrected chi connectivity index (χ0v) is 14.2. The number of carbonyl (C=O) groups excluding carboxylic acids is 1. The van der Waals surface area contributed by atoms with Crippen LogP contribution in [0.3, 0.4) is 0 Å². The molecule has 3 N–H and O–H groups in total. The van der Waals surface area contributed by atoms with E-state index in [0.29, 0.717) is 6.54 Å². The van der Waals surface area contributed by atoms with Gasteiger partial charge in [-0.1, -0.05) is 19.1 Å². The molecule has 0 aliphatic rings. The third-order valence-electron chi connectivity index (χ3n) is 4.16. The average Bonchev–Trinajstić information content (AvgIpc) is 2.54. The number of aliphatic hydroxyl groups excluding tert-OH is 2. The molecule has 1 aromatic carbocycles. The Morgan fingerprint density at radius 2 is 1.78 bits per heavy atom. The lowest BCUT2D eigenvalue weighted by molar-refractivity contribution is -0.126. The highest BCUT2D eigenvalue weighted by Crippen LogP contribution is 2.18. The van der Waals surface area contributed by atoms with E-state index in [9.17, 15) is 19.4 Å². The van der Waals surface area contributed by atoms with E-state index in [1.165, 1.54) is 12.1 Å². The summed E-state index contributed by atoms with van der Waals surface area (Å²) in [6, 6.07) is 5.35. The Bertz CT molecular complexity index is 503. The van der Waals surface area contributed by atoms with E-state index in [-0.39, 0.29) is 31.0 Å². The maximum Gasteiger partial charge on any atom is 0.237 e. The van der Waals surface area contributed by atoms with Gasteiger partial charge in [-0.3, -0.25) is 9.69 Å². The molecule has 6 heteroatoms. The number of aliphatic hydroxyl groups is 2. The maximum absolute atomic E-state index is 12.9. The molecule has 0 spiro atoms. The molecule has 2 atom stereocenters. The number of hydrogen-bond acceptors (Lipinski definition) is 4. The van der Waals surface area contributed by atoms with Crippen LogP contribution < -0.4 is 5.32 Å². The number of carbonyl (C=O) groups is 1.